The molecule has 12 heteroatoms. The maximum absolute atomic E-state index is 15.9. The second kappa shape index (κ2) is 11.6. The molecular formula is C25H22F4N4O4. The summed E-state index contributed by atoms with van der Waals surface area (Å²) in [4.78, 5) is 11.8. The molecule has 0 aliphatic rings. The molecule has 0 bridgehead atoms. The van der Waals surface area contributed by atoms with Gasteiger partial charge in [0.15, 0.2) is 5.82 Å². The first-order chi connectivity index (χ1) is 17.8. The highest BCUT2D eigenvalue weighted by Crippen LogP contribution is 2.41. The van der Waals surface area contributed by atoms with Crippen LogP contribution in [-0.4, -0.2) is 52.0 Å². The monoisotopic (exact) mass is 518 g/mol. The molecule has 4 rings (SSSR count). The summed E-state index contributed by atoms with van der Waals surface area (Å²) in [5.74, 6) is -1.03. The summed E-state index contributed by atoms with van der Waals surface area (Å²) in [6, 6.07) is 4.40. The summed E-state index contributed by atoms with van der Waals surface area (Å²) in [6.45, 7) is 0.202. The molecule has 0 amide bonds. The number of hydrogen-bond acceptors (Lipinski definition) is 8. The molecule has 2 aromatic carbocycles. The van der Waals surface area contributed by atoms with E-state index in [9.17, 15) is 18.3 Å². The Bertz CT molecular complexity index is 1490. The number of alkyl halides is 2. The second-order valence-electron chi connectivity index (χ2n) is 7.05. The highest BCUT2D eigenvalue weighted by molar-refractivity contribution is 6.04. The highest BCUT2D eigenvalue weighted by Gasteiger charge is 2.26. The quantitative estimate of drug-likeness (QED) is 0.235. The van der Waals surface area contributed by atoms with Crippen LogP contribution in [0.3, 0.4) is 0 Å². The lowest BCUT2D eigenvalue weighted by atomic mass is 9.95. The van der Waals surface area contributed by atoms with Gasteiger partial charge in [0.05, 0.1) is 19.3 Å². The first-order valence-corrected chi connectivity index (χ1v) is 11.0. The number of halogens is 4. The van der Waals surface area contributed by atoms with Crippen molar-refractivity contribution in [1.82, 2.24) is 15.0 Å². The predicted octanol–water partition coefficient (Wildman–Crippen LogP) is 4.85. The zero-order chi connectivity index (χ0) is 27.3. The number of aromatic hydroxyl groups is 1. The molecule has 2 aromatic heterocycles. The number of benzene rings is 2. The molecule has 2 heterocycles. The van der Waals surface area contributed by atoms with Crippen LogP contribution in [0.25, 0.3) is 32.9 Å². The SMILES string of the molecule is C#Cc1c(F)ccc2cc(O)cc(-c3nc(OC(F)F)c4c(NCCO)nc(OC)nc4c3F)c12.CC. The standard InChI is InChI=1S/C23H16F4N4O4.C2H6/c1-3-12-14(24)5-4-10-8-11(33)9-13(15(10)12)18-17(25)19-16(21(29-18)35-22(26)27)20(28-6-7-32)31-23(30-19)34-2;1-2/h1,4-5,8-9,22,32-33H,6-7H2,2H3,(H,28,30,31);1-2H3. The van der Waals surface area contributed by atoms with Crippen molar-refractivity contribution >= 4 is 27.5 Å². The maximum Gasteiger partial charge on any atom is 0.388 e. The van der Waals surface area contributed by atoms with Crippen LogP contribution in [0.2, 0.25) is 0 Å². The number of nitrogens with one attached hydrogen (secondary N) is 1. The molecule has 194 valence electrons. The lowest BCUT2D eigenvalue weighted by molar-refractivity contribution is -0.0516. The number of phenols is 1. The number of fused-ring (bicyclic) bond motifs is 2. The number of terminal acetylenes is 1. The Labute approximate surface area is 208 Å². The Morgan fingerprint density at radius 2 is 1.84 bits per heavy atom. The van der Waals surface area contributed by atoms with Gasteiger partial charge in [-0.3, -0.25) is 0 Å². The van der Waals surface area contributed by atoms with Gasteiger partial charge in [-0.05, 0) is 23.6 Å². The Balaban J connectivity index is 0.00000186. The number of rotatable bonds is 7. The summed E-state index contributed by atoms with van der Waals surface area (Å²) in [5, 5.41) is 21.9. The number of phenolic OH excluding ortho intramolecular Hbond substituents is 1. The topological polar surface area (TPSA) is 110 Å². The van der Waals surface area contributed by atoms with Gasteiger partial charge in [-0.1, -0.05) is 25.8 Å². The number of ether oxygens (including phenoxy) is 2. The van der Waals surface area contributed by atoms with Crippen LogP contribution < -0.4 is 14.8 Å². The first-order valence-electron chi connectivity index (χ1n) is 11.0. The molecule has 8 nitrogen and oxygen atoms in total. The van der Waals surface area contributed by atoms with Gasteiger partial charge in [0.25, 0.3) is 0 Å². The first kappa shape index (κ1) is 27.2. The molecule has 3 N–H and O–H groups in total. The van der Waals surface area contributed by atoms with Crippen LogP contribution in [0, 0.1) is 24.0 Å². The van der Waals surface area contributed by atoms with Gasteiger partial charge < -0.3 is 25.0 Å². The third-order valence-electron chi connectivity index (χ3n) is 4.97. The minimum Gasteiger partial charge on any atom is -0.508 e. The number of anilines is 1. The lowest BCUT2D eigenvalue weighted by Crippen LogP contribution is -2.12. The Kier molecular flexibility index (Phi) is 8.52. The van der Waals surface area contributed by atoms with E-state index < -0.39 is 35.3 Å². The van der Waals surface area contributed by atoms with Crippen LogP contribution >= 0.6 is 0 Å². The number of aliphatic hydroxyl groups is 1. The Morgan fingerprint density at radius 1 is 1.11 bits per heavy atom. The van der Waals surface area contributed by atoms with Gasteiger partial charge in [-0.25, -0.2) is 13.8 Å². The van der Waals surface area contributed by atoms with Crippen LogP contribution in [-0.2, 0) is 0 Å². The van der Waals surface area contributed by atoms with Gasteiger partial charge in [0, 0.05) is 17.5 Å². The van der Waals surface area contributed by atoms with Gasteiger partial charge in [0.1, 0.15) is 34.0 Å². The number of hydrogen-bond donors (Lipinski definition) is 3. The fraction of sp³-hybridized carbons (Fsp3) is 0.240. The predicted molar refractivity (Wildman–Crippen MR) is 130 cm³/mol. The minimum absolute atomic E-state index is 0.0127. The molecule has 0 fully saturated rings. The normalized spacial score (nSPS) is 10.7. The van der Waals surface area contributed by atoms with Crippen molar-refractivity contribution in [2.24, 2.45) is 0 Å². The number of nitrogens with zero attached hydrogens (tertiary/aromatic N) is 3. The fourth-order valence-electron chi connectivity index (χ4n) is 3.61. The average Bonchev–Trinajstić information content (AvgIpc) is 2.89. The van der Waals surface area contributed by atoms with Crippen LogP contribution in [0.4, 0.5) is 23.4 Å². The Morgan fingerprint density at radius 3 is 2.46 bits per heavy atom. The van der Waals surface area contributed by atoms with Gasteiger partial charge in [-0.2, -0.15) is 18.7 Å². The second-order valence-corrected chi connectivity index (χ2v) is 7.05. The van der Waals surface area contributed by atoms with Crippen molar-refractivity contribution in [3.8, 4) is 41.2 Å². The van der Waals surface area contributed by atoms with E-state index in [-0.39, 0.29) is 58.0 Å². The molecule has 0 spiro atoms. The van der Waals surface area contributed by atoms with Crippen molar-refractivity contribution in [1.29, 1.82) is 0 Å². The van der Waals surface area contributed by atoms with E-state index in [4.69, 9.17) is 16.3 Å². The number of aliphatic hydroxyl groups excluding tert-OH is 1. The average molecular weight is 518 g/mol. The van der Waals surface area contributed by atoms with E-state index in [1.807, 2.05) is 13.8 Å². The van der Waals surface area contributed by atoms with Crippen molar-refractivity contribution in [3.63, 3.8) is 0 Å². The van der Waals surface area contributed by atoms with Gasteiger partial charge in [-0.15, -0.1) is 6.42 Å². The summed E-state index contributed by atoms with van der Waals surface area (Å²) in [6.07, 6.45) is 5.47. The van der Waals surface area contributed by atoms with Gasteiger partial charge in [0.2, 0.25) is 5.88 Å². The molecule has 4 aromatic rings. The largest absolute Gasteiger partial charge is 0.508 e. The van der Waals surface area contributed by atoms with E-state index in [0.29, 0.717) is 0 Å². The van der Waals surface area contributed by atoms with Crippen molar-refractivity contribution in [2.45, 2.75) is 20.5 Å². The molecule has 0 saturated heterocycles. The zero-order valence-electron chi connectivity index (χ0n) is 19.9. The summed E-state index contributed by atoms with van der Waals surface area (Å²) >= 11 is 0. The van der Waals surface area contributed by atoms with Gasteiger partial charge >= 0.3 is 12.6 Å². The molecule has 0 atom stereocenters. The fourth-order valence-corrected chi connectivity index (χ4v) is 3.61. The molecule has 37 heavy (non-hydrogen) atoms. The van der Waals surface area contributed by atoms with E-state index in [2.05, 4.69) is 30.9 Å². The molecule has 0 radical (unpaired) electrons. The summed E-state index contributed by atoms with van der Waals surface area (Å²) in [7, 11) is 1.21. The summed E-state index contributed by atoms with van der Waals surface area (Å²) in [5.41, 5.74) is -1.55. The van der Waals surface area contributed by atoms with Crippen LogP contribution in [0.15, 0.2) is 24.3 Å². The third-order valence-corrected chi connectivity index (χ3v) is 4.97. The van der Waals surface area contributed by atoms with Crippen molar-refractivity contribution in [2.75, 3.05) is 25.6 Å². The Hall–Kier alpha value is -4.37. The maximum atomic E-state index is 15.9. The zero-order valence-corrected chi connectivity index (χ0v) is 19.9. The van der Waals surface area contributed by atoms with E-state index in [0.717, 1.165) is 12.1 Å². The number of pyridine rings is 1. The molecule has 0 unspecified atom stereocenters. The minimum atomic E-state index is -3.36. The smallest absolute Gasteiger partial charge is 0.388 e. The van der Waals surface area contributed by atoms with Crippen molar-refractivity contribution in [3.05, 3.63) is 41.5 Å². The highest BCUT2D eigenvalue weighted by atomic mass is 19.3. The van der Waals surface area contributed by atoms with E-state index in [1.54, 1.807) is 0 Å². The number of aromatic nitrogens is 3. The lowest BCUT2D eigenvalue weighted by Gasteiger charge is -2.16. The molecule has 0 aliphatic heterocycles. The number of methoxy groups -OCH3 is 1. The van der Waals surface area contributed by atoms with E-state index in [1.165, 1.54) is 19.2 Å². The van der Waals surface area contributed by atoms with E-state index >= 15 is 4.39 Å². The molecule has 0 saturated carbocycles. The van der Waals surface area contributed by atoms with Crippen molar-refractivity contribution < 1.29 is 37.2 Å². The molecule has 0 aliphatic carbocycles. The molecular weight excluding hydrogens is 496 g/mol. The summed E-state index contributed by atoms with van der Waals surface area (Å²) < 4.78 is 66.6. The third kappa shape index (κ3) is 5.26. The van der Waals surface area contributed by atoms with Crippen LogP contribution in [0.1, 0.15) is 19.4 Å². The van der Waals surface area contributed by atoms with Crippen LogP contribution in [0.5, 0.6) is 17.6 Å².